The first-order valence-electron chi connectivity index (χ1n) is 5.95. The molecule has 0 fully saturated rings. The van der Waals surface area contributed by atoms with Crippen LogP contribution in [-0.4, -0.2) is 18.6 Å². The van der Waals surface area contributed by atoms with E-state index in [1.807, 2.05) is 20.8 Å². The van der Waals surface area contributed by atoms with Gasteiger partial charge in [-0.1, -0.05) is 11.6 Å². The van der Waals surface area contributed by atoms with Gasteiger partial charge in [-0.15, -0.1) is 0 Å². The lowest BCUT2D eigenvalue weighted by molar-refractivity contribution is -0.136. The van der Waals surface area contributed by atoms with Crippen molar-refractivity contribution in [1.82, 2.24) is 5.32 Å². The molecule has 0 amide bonds. The first-order chi connectivity index (χ1) is 8.59. The van der Waals surface area contributed by atoms with Crippen molar-refractivity contribution in [1.29, 1.82) is 0 Å². The van der Waals surface area contributed by atoms with E-state index < -0.39 is 11.7 Å². The van der Waals surface area contributed by atoms with Gasteiger partial charge in [-0.3, -0.25) is 0 Å². The number of anilines is 1. The molecule has 0 heterocycles. The van der Waals surface area contributed by atoms with Crippen LogP contribution in [0.2, 0.25) is 5.02 Å². The third kappa shape index (κ3) is 5.70. The van der Waals surface area contributed by atoms with E-state index in [-0.39, 0.29) is 16.2 Å². The number of hydrogen-bond donors (Lipinski definition) is 2. The highest BCUT2D eigenvalue weighted by Gasteiger charge is 2.33. The summed E-state index contributed by atoms with van der Waals surface area (Å²) in [7, 11) is 0. The monoisotopic (exact) mass is 294 g/mol. The summed E-state index contributed by atoms with van der Waals surface area (Å²) in [5.74, 6) is 0. The van der Waals surface area contributed by atoms with Crippen molar-refractivity contribution in [2.75, 3.05) is 18.4 Å². The molecular formula is C13H18ClF3N2. The summed E-state index contributed by atoms with van der Waals surface area (Å²) in [5, 5.41) is 6.05. The van der Waals surface area contributed by atoms with Crippen LogP contribution >= 0.6 is 11.6 Å². The molecule has 0 spiro atoms. The van der Waals surface area contributed by atoms with Crippen molar-refractivity contribution in [3.05, 3.63) is 28.8 Å². The van der Waals surface area contributed by atoms with Gasteiger partial charge in [0, 0.05) is 29.3 Å². The zero-order valence-corrected chi connectivity index (χ0v) is 11.9. The number of benzene rings is 1. The van der Waals surface area contributed by atoms with Gasteiger partial charge in [0.15, 0.2) is 0 Å². The molecule has 108 valence electrons. The van der Waals surface area contributed by atoms with Crippen LogP contribution in [0.4, 0.5) is 18.9 Å². The predicted molar refractivity (Wildman–Crippen MR) is 72.7 cm³/mol. The van der Waals surface area contributed by atoms with Crippen molar-refractivity contribution in [2.24, 2.45) is 0 Å². The second kappa shape index (κ2) is 6.01. The highest BCUT2D eigenvalue weighted by Crippen LogP contribution is 2.36. The molecule has 0 aliphatic heterocycles. The van der Waals surface area contributed by atoms with E-state index >= 15 is 0 Å². The van der Waals surface area contributed by atoms with Crippen molar-refractivity contribution in [3.63, 3.8) is 0 Å². The van der Waals surface area contributed by atoms with Crippen molar-refractivity contribution in [2.45, 2.75) is 32.5 Å². The zero-order chi connectivity index (χ0) is 14.7. The second-order valence-corrected chi connectivity index (χ2v) is 5.73. The lowest BCUT2D eigenvalue weighted by atomic mass is 10.1. The maximum absolute atomic E-state index is 12.8. The summed E-state index contributed by atoms with van der Waals surface area (Å²) in [6.45, 7) is 6.97. The van der Waals surface area contributed by atoms with Gasteiger partial charge in [0.1, 0.15) is 0 Å². The lowest BCUT2D eigenvalue weighted by Gasteiger charge is -2.21. The van der Waals surface area contributed by atoms with E-state index in [0.29, 0.717) is 13.1 Å². The fourth-order valence-corrected chi connectivity index (χ4v) is 1.71. The minimum atomic E-state index is -4.41. The maximum atomic E-state index is 12.8. The highest BCUT2D eigenvalue weighted by molar-refractivity contribution is 6.30. The van der Waals surface area contributed by atoms with Crippen LogP contribution in [0.5, 0.6) is 0 Å². The number of nitrogens with one attached hydrogen (secondary N) is 2. The zero-order valence-electron chi connectivity index (χ0n) is 11.2. The first kappa shape index (κ1) is 16.1. The minimum Gasteiger partial charge on any atom is -0.383 e. The van der Waals surface area contributed by atoms with E-state index in [4.69, 9.17) is 11.6 Å². The van der Waals surface area contributed by atoms with E-state index in [9.17, 15) is 13.2 Å². The van der Waals surface area contributed by atoms with Crippen LogP contribution in [0.3, 0.4) is 0 Å². The Labute approximate surface area is 116 Å². The van der Waals surface area contributed by atoms with Crippen molar-refractivity contribution >= 4 is 17.3 Å². The quantitative estimate of drug-likeness (QED) is 0.815. The standard InChI is InChI=1S/C13H18ClF3N2/c1-12(2,3)19-7-6-18-11-5-4-9(14)8-10(11)13(15,16)17/h4-5,8,18-19H,6-7H2,1-3H3. The number of alkyl halides is 3. The maximum Gasteiger partial charge on any atom is 0.418 e. The second-order valence-electron chi connectivity index (χ2n) is 5.29. The third-order valence-electron chi connectivity index (χ3n) is 2.38. The molecule has 0 saturated carbocycles. The Morgan fingerprint density at radius 1 is 1.11 bits per heavy atom. The van der Waals surface area contributed by atoms with E-state index in [0.717, 1.165) is 6.07 Å². The van der Waals surface area contributed by atoms with Gasteiger partial charge in [-0.2, -0.15) is 13.2 Å². The van der Waals surface area contributed by atoms with Crippen LogP contribution in [0.15, 0.2) is 18.2 Å². The summed E-state index contributed by atoms with van der Waals surface area (Å²) in [4.78, 5) is 0. The fraction of sp³-hybridized carbons (Fsp3) is 0.538. The molecule has 0 atom stereocenters. The smallest absolute Gasteiger partial charge is 0.383 e. The summed E-state index contributed by atoms with van der Waals surface area (Å²) >= 11 is 5.60. The Bertz CT molecular complexity index is 425. The molecule has 6 heteroatoms. The summed E-state index contributed by atoms with van der Waals surface area (Å²) < 4.78 is 38.4. The van der Waals surface area contributed by atoms with Gasteiger partial charge in [0.05, 0.1) is 5.56 Å². The average Bonchev–Trinajstić information content (AvgIpc) is 2.23. The Morgan fingerprint density at radius 2 is 1.74 bits per heavy atom. The number of rotatable bonds is 4. The molecule has 19 heavy (non-hydrogen) atoms. The molecular weight excluding hydrogens is 277 g/mol. The minimum absolute atomic E-state index is 0.0487. The Balaban J connectivity index is 2.68. The molecule has 1 aromatic carbocycles. The highest BCUT2D eigenvalue weighted by atomic mass is 35.5. The molecule has 0 aliphatic rings. The van der Waals surface area contributed by atoms with Gasteiger partial charge >= 0.3 is 6.18 Å². The Morgan fingerprint density at radius 3 is 2.26 bits per heavy atom. The van der Waals surface area contributed by atoms with Gasteiger partial charge < -0.3 is 10.6 Å². The summed E-state index contributed by atoms with van der Waals surface area (Å²) in [6.07, 6.45) is -4.41. The molecule has 1 rings (SSSR count). The molecule has 1 aromatic rings. The SMILES string of the molecule is CC(C)(C)NCCNc1ccc(Cl)cc1C(F)(F)F. The van der Waals surface area contributed by atoms with Crippen molar-refractivity contribution < 1.29 is 13.2 Å². The molecule has 0 radical (unpaired) electrons. The fourth-order valence-electron chi connectivity index (χ4n) is 1.54. The molecule has 2 N–H and O–H groups in total. The molecule has 0 saturated heterocycles. The molecule has 0 aromatic heterocycles. The first-order valence-corrected chi connectivity index (χ1v) is 6.33. The molecule has 0 aliphatic carbocycles. The number of hydrogen-bond acceptors (Lipinski definition) is 2. The number of halogens is 4. The van der Waals surface area contributed by atoms with Crippen LogP contribution in [0.1, 0.15) is 26.3 Å². The molecule has 0 bridgehead atoms. The predicted octanol–water partition coefficient (Wildman–Crippen LogP) is 4.16. The third-order valence-corrected chi connectivity index (χ3v) is 2.62. The molecule has 0 unspecified atom stereocenters. The Hall–Kier alpha value is -0.940. The van der Waals surface area contributed by atoms with Crippen LogP contribution in [0, 0.1) is 0 Å². The topological polar surface area (TPSA) is 24.1 Å². The summed E-state index contributed by atoms with van der Waals surface area (Å²) in [5.41, 5.74) is -0.752. The largest absolute Gasteiger partial charge is 0.418 e. The van der Waals surface area contributed by atoms with Gasteiger partial charge in [0.2, 0.25) is 0 Å². The van der Waals surface area contributed by atoms with Gasteiger partial charge in [0.25, 0.3) is 0 Å². The van der Waals surface area contributed by atoms with E-state index in [1.165, 1.54) is 12.1 Å². The van der Waals surface area contributed by atoms with Crippen molar-refractivity contribution in [3.8, 4) is 0 Å². The lowest BCUT2D eigenvalue weighted by Crippen LogP contribution is -2.38. The van der Waals surface area contributed by atoms with E-state index in [2.05, 4.69) is 10.6 Å². The summed E-state index contributed by atoms with van der Waals surface area (Å²) in [6, 6.07) is 3.72. The average molecular weight is 295 g/mol. The van der Waals surface area contributed by atoms with Crippen LogP contribution < -0.4 is 10.6 Å². The van der Waals surface area contributed by atoms with Gasteiger partial charge in [-0.05, 0) is 39.0 Å². The normalized spacial score (nSPS) is 12.6. The molecule has 2 nitrogen and oxygen atoms in total. The van der Waals surface area contributed by atoms with E-state index in [1.54, 1.807) is 0 Å². The van der Waals surface area contributed by atoms with Crippen LogP contribution in [-0.2, 0) is 6.18 Å². The van der Waals surface area contributed by atoms with Gasteiger partial charge in [-0.25, -0.2) is 0 Å². The van der Waals surface area contributed by atoms with Crippen LogP contribution in [0.25, 0.3) is 0 Å². The Kier molecular flexibility index (Phi) is 5.10.